The van der Waals surface area contributed by atoms with E-state index in [2.05, 4.69) is 20.2 Å². The highest BCUT2D eigenvalue weighted by Crippen LogP contribution is 2.22. The van der Waals surface area contributed by atoms with Crippen molar-refractivity contribution in [3.63, 3.8) is 0 Å². The summed E-state index contributed by atoms with van der Waals surface area (Å²) in [4.78, 5) is 34.3. The van der Waals surface area contributed by atoms with E-state index in [-0.39, 0.29) is 11.5 Å². The number of nitrogens with one attached hydrogen (secondary N) is 1. The van der Waals surface area contributed by atoms with E-state index in [4.69, 9.17) is 10.5 Å². The molecule has 142 valence electrons. The predicted octanol–water partition coefficient (Wildman–Crippen LogP) is 2.23. The van der Waals surface area contributed by atoms with Crippen LogP contribution in [0.5, 0.6) is 0 Å². The van der Waals surface area contributed by atoms with Crippen molar-refractivity contribution in [3.8, 4) is 0 Å². The number of piperidine rings is 1. The Balaban J connectivity index is 1.56. The van der Waals surface area contributed by atoms with Crippen LogP contribution in [-0.4, -0.2) is 41.0 Å². The van der Waals surface area contributed by atoms with Crippen molar-refractivity contribution in [3.05, 3.63) is 42.4 Å². The number of hydrogen-bond donors (Lipinski definition) is 2. The summed E-state index contributed by atoms with van der Waals surface area (Å²) < 4.78 is 5.13. The normalized spacial score (nSPS) is 15.1. The van der Waals surface area contributed by atoms with Crippen molar-refractivity contribution in [1.29, 1.82) is 0 Å². The first-order valence-corrected chi connectivity index (χ1v) is 8.98. The Morgan fingerprint density at radius 2 is 1.78 bits per heavy atom. The van der Waals surface area contributed by atoms with Crippen LogP contribution in [0.2, 0.25) is 0 Å². The number of amides is 1. The van der Waals surface area contributed by atoms with Crippen LogP contribution in [0.25, 0.3) is 0 Å². The Hall–Kier alpha value is -3.16. The molecule has 8 heteroatoms. The average Bonchev–Trinajstić information content (AvgIpc) is 2.69. The molecule has 1 atom stereocenters. The van der Waals surface area contributed by atoms with E-state index in [0.29, 0.717) is 5.69 Å². The van der Waals surface area contributed by atoms with Gasteiger partial charge in [-0.05, 0) is 50.5 Å². The number of carbonyl (C=O) groups is 2. The first kappa shape index (κ1) is 18.6. The van der Waals surface area contributed by atoms with Gasteiger partial charge in [-0.2, -0.15) is 0 Å². The number of anilines is 3. The molecule has 1 aliphatic rings. The Morgan fingerprint density at radius 1 is 1.11 bits per heavy atom. The number of rotatable bonds is 5. The van der Waals surface area contributed by atoms with Crippen molar-refractivity contribution in [2.75, 3.05) is 29.0 Å². The zero-order valence-electron chi connectivity index (χ0n) is 15.2. The van der Waals surface area contributed by atoms with E-state index in [1.165, 1.54) is 38.6 Å². The molecule has 3 rings (SSSR count). The molecule has 0 spiro atoms. The van der Waals surface area contributed by atoms with Crippen LogP contribution in [-0.2, 0) is 9.53 Å². The van der Waals surface area contributed by atoms with E-state index >= 15 is 0 Å². The Bertz CT molecular complexity index is 803. The number of ether oxygens (including phenoxy) is 1. The van der Waals surface area contributed by atoms with Crippen LogP contribution in [0.15, 0.2) is 36.7 Å². The van der Waals surface area contributed by atoms with E-state index < -0.39 is 18.0 Å². The molecule has 0 radical (unpaired) electrons. The molecule has 1 aromatic heterocycles. The van der Waals surface area contributed by atoms with Crippen molar-refractivity contribution >= 4 is 29.1 Å². The molecular weight excluding hydrogens is 346 g/mol. The number of nitrogens with two attached hydrogens (primary N) is 1. The minimum absolute atomic E-state index is 0.0385. The van der Waals surface area contributed by atoms with Gasteiger partial charge in [0, 0.05) is 36.9 Å². The lowest BCUT2D eigenvalue weighted by molar-refractivity contribution is -0.123. The molecule has 27 heavy (non-hydrogen) atoms. The second-order valence-corrected chi connectivity index (χ2v) is 6.42. The predicted molar refractivity (Wildman–Crippen MR) is 102 cm³/mol. The van der Waals surface area contributed by atoms with Crippen LogP contribution in [0.1, 0.15) is 36.7 Å². The quantitative estimate of drug-likeness (QED) is 0.778. The molecule has 1 amide bonds. The summed E-state index contributed by atoms with van der Waals surface area (Å²) in [6.45, 7) is 3.61. The SMILES string of the molecule is CC(OC(=O)c1nccnc1N)C(=O)Nc1ccc(N2CCCCC2)cc1. The van der Waals surface area contributed by atoms with Crippen LogP contribution < -0.4 is 16.0 Å². The first-order chi connectivity index (χ1) is 13.0. The Morgan fingerprint density at radius 3 is 2.44 bits per heavy atom. The molecule has 8 nitrogen and oxygen atoms in total. The lowest BCUT2D eigenvalue weighted by atomic mass is 10.1. The van der Waals surface area contributed by atoms with Crippen molar-refractivity contribution in [2.24, 2.45) is 0 Å². The molecular formula is C19H23N5O3. The lowest BCUT2D eigenvalue weighted by Crippen LogP contribution is -2.31. The second kappa shape index (κ2) is 8.48. The first-order valence-electron chi connectivity index (χ1n) is 8.98. The summed E-state index contributed by atoms with van der Waals surface area (Å²) in [6.07, 6.45) is 5.40. The summed E-state index contributed by atoms with van der Waals surface area (Å²) in [5.74, 6) is -1.26. The van der Waals surface area contributed by atoms with Gasteiger partial charge in [-0.15, -0.1) is 0 Å². The maximum Gasteiger partial charge on any atom is 0.361 e. The highest BCUT2D eigenvalue weighted by molar-refractivity contribution is 5.98. The number of aromatic nitrogens is 2. The van der Waals surface area contributed by atoms with Crippen LogP contribution in [0.3, 0.4) is 0 Å². The highest BCUT2D eigenvalue weighted by atomic mass is 16.5. The molecule has 2 heterocycles. The summed E-state index contributed by atoms with van der Waals surface area (Å²) in [7, 11) is 0. The molecule has 1 aromatic carbocycles. The number of nitrogen functional groups attached to an aromatic ring is 1. The third-order valence-electron chi connectivity index (χ3n) is 4.43. The zero-order valence-corrected chi connectivity index (χ0v) is 15.2. The number of carbonyl (C=O) groups excluding carboxylic acids is 2. The van der Waals surface area contributed by atoms with Crippen molar-refractivity contribution in [1.82, 2.24) is 9.97 Å². The Kier molecular flexibility index (Phi) is 5.85. The third kappa shape index (κ3) is 4.72. The molecule has 1 saturated heterocycles. The van der Waals surface area contributed by atoms with Crippen molar-refractivity contribution < 1.29 is 14.3 Å². The molecule has 0 bridgehead atoms. The maximum atomic E-state index is 12.3. The van der Waals surface area contributed by atoms with E-state index in [0.717, 1.165) is 18.8 Å². The monoisotopic (exact) mass is 369 g/mol. The van der Waals surface area contributed by atoms with Crippen LogP contribution in [0.4, 0.5) is 17.2 Å². The highest BCUT2D eigenvalue weighted by Gasteiger charge is 2.22. The van der Waals surface area contributed by atoms with Gasteiger partial charge in [0.05, 0.1) is 0 Å². The topological polar surface area (TPSA) is 110 Å². The molecule has 0 aliphatic carbocycles. The van der Waals surface area contributed by atoms with Gasteiger partial charge in [0.25, 0.3) is 5.91 Å². The zero-order chi connectivity index (χ0) is 19.2. The second-order valence-electron chi connectivity index (χ2n) is 6.42. The van der Waals surface area contributed by atoms with Gasteiger partial charge >= 0.3 is 5.97 Å². The fourth-order valence-electron chi connectivity index (χ4n) is 2.93. The standard InChI is InChI=1S/C19H23N5O3/c1-13(27-19(26)16-17(20)22-10-9-21-16)18(25)23-14-5-7-15(8-6-14)24-11-3-2-4-12-24/h5-10,13H,2-4,11-12H2,1H3,(H2,20,22)(H,23,25). The minimum atomic E-state index is -0.999. The summed E-state index contributed by atoms with van der Waals surface area (Å²) in [6, 6.07) is 7.66. The summed E-state index contributed by atoms with van der Waals surface area (Å²) in [5.41, 5.74) is 7.27. The van der Waals surface area contributed by atoms with Gasteiger partial charge in [0.1, 0.15) is 0 Å². The largest absolute Gasteiger partial charge is 0.448 e. The number of benzene rings is 1. The smallest absolute Gasteiger partial charge is 0.361 e. The van der Waals surface area contributed by atoms with Crippen molar-refractivity contribution in [2.45, 2.75) is 32.3 Å². The summed E-state index contributed by atoms with van der Waals surface area (Å²) >= 11 is 0. The average molecular weight is 369 g/mol. The summed E-state index contributed by atoms with van der Waals surface area (Å²) in [5, 5.41) is 2.74. The number of hydrogen-bond acceptors (Lipinski definition) is 7. The van der Waals surface area contributed by atoms with Gasteiger partial charge in [-0.25, -0.2) is 14.8 Å². The molecule has 3 N–H and O–H groups in total. The van der Waals surface area contributed by atoms with Crippen LogP contribution in [0, 0.1) is 0 Å². The number of esters is 1. The lowest BCUT2D eigenvalue weighted by Gasteiger charge is -2.28. The molecule has 1 fully saturated rings. The number of nitrogens with zero attached hydrogens (tertiary/aromatic N) is 3. The molecule has 1 unspecified atom stereocenters. The van der Waals surface area contributed by atoms with Gasteiger partial charge < -0.3 is 20.7 Å². The van der Waals surface area contributed by atoms with Gasteiger partial charge in [0.2, 0.25) is 0 Å². The van der Waals surface area contributed by atoms with E-state index in [1.54, 1.807) is 0 Å². The fraction of sp³-hybridized carbons (Fsp3) is 0.368. The maximum absolute atomic E-state index is 12.3. The van der Waals surface area contributed by atoms with E-state index in [1.807, 2.05) is 24.3 Å². The molecule has 1 aliphatic heterocycles. The van der Waals surface area contributed by atoms with Gasteiger partial charge in [-0.3, -0.25) is 4.79 Å². The van der Waals surface area contributed by atoms with Crippen LogP contribution >= 0.6 is 0 Å². The molecule has 2 aromatic rings. The van der Waals surface area contributed by atoms with E-state index in [9.17, 15) is 9.59 Å². The van der Waals surface area contributed by atoms with Gasteiger partial charge in [0.15, 0.2) is 17.6 Å². The minimum Gasteiger partial charge on any atom is -0.448 e. The third-order valence-corrected chi connectivity index (χ3v) is 4.43. The Labute approximate surface area is 157 Å². The van der Waals surface area contributed by atoms with Gasteiger partial charge in [-0.1, -0.05) is 0 Å². The fourth-order valence-corrected chi connectivity index (χ4v) is 2.93. The molecule has 0 saturated carbocycles.